The second kappa shape index (κ2) is 7.14. The van der Waals surface area contributed by atoms with Crippen LogP contribution in [-0.2, 0) is 16.0 Å². The van der Waals surface area contributed by atoms with Crippen molar-refractivity contribution in [3.8, 4) is 0 Å². The zero-order valence-corrected chi connectivity index (χ0v) is 13.8. The van der Waals surface area contributed by atoms with Gasteiger partial charge in [0.2, 0.25) is 0 Å². The van der Waals surface area contributed by atoms with E-state index in [4.69, 9.17) is 4.74 Å². The Hall–Kier alpha value is -3.55. The van der Waals surface area contributed by atoms with Gasteiger partial charge in [0.05, 0.1) is 22.2 Å². The number of carbonyl (C=O) groups excluding carboxylic acids is 1. The van der Waals surface area contributed by atoms with E-state index in [1.54, 1.807) is 37.3 Å². The summed E-state index contributed by atoms with van der Waals surface area (Å²) in [6, 6.07) is 12.8. The molecule has 0 amide bonds. The van der Waals surface area contributed by atoms with Crippen LogP contribution in [0.5, 0.6) is 0 Å². The number of benzene rings is 2. The van der Waals surface area contributed by atoms with E-state index in [2.05, 4.69) is 9.97 Å². The van der Waals surface area contributed by atoms with Crippen molar-refractivity contribution >= 4 is 22.6 Å². The molecular formula is C18H15N3O5. The van der Waals surface area contributed by atoms with Crippen LogP contribution in [0.3, 0.4) is 0 Å². The maximum Gasteiger partial charge on any atom is 0.311 e. The maximum atomic E-state index is 12.2. The number of H-pyrrole nitrogens is 1. The fraction of sp³-hybridized carbons (Fsp3) is 0.167. The summed E-state index contributed by atoms with van der Waals surface area (Å²) in [7, 11) is 0. The SMILES string of the molecule is C[C@H](OC(=O)Cc1ccccc1[N+](=O)[O-])c1nc2ccccc2c(=O)[nH]1. The predicted octanol–water partition coefficient (Wildman–Crippen LogP) is 2.68. The van der Waals surface area contributed by atoms with Gasteiger partial charge in [0, 0.05) is 11.6 Å². The van der Waals surface area contributed by atoms with Gasteiger partial charge in [0.15, 0.2) is 11.9 Å². The van der Waals surface area contributed by atoms with E-state index in [9.17, 15) is 19.7 Å². The molecule has 1 aromatic heterocycles. The first-order chi connectivity index (χ1) is 12.5. The number of nitrogens with one attached hydrogen (secondary N) is 1. The van der Waals surface area contributed by atoms with E-state index in [0.29, 0.717) is 10.9 Å². The van der Waals surface area contributed by atoms with Gasteiger partial charge >= 0.3 is 5.97 Å². The van der Waals surface area contributed by atoms with Crippen molar-refractivity contribution in [3.63, 3.8) is 0 Å². The predicted molar refractivity (Wildman–Crippen MR) is 93.7 cm³/mol. The van der Waals surface area contributed by atoms with Gasteiger partial charge in [0.25, 0.3) is 11.2 Å². The number of hydrogen-bond donors (Lipinski definition) is 1. The number of carbonyl (C=O) groups is 1. The average Bonchev–Trinajstić information content (AvgIpc) is 2.61. The molecule has 1 heterocycles. The molecule has 0 aliphatic rings. The van der Waals surface area contributed by atoms with Gasteiger partial charge in [-0.3, -0.25) is 19.7 Å². The molecule has 8 nitrogen and oxygen atoms in total. The van der Waals surface area contributed by atoms with Crippen molar-refractivity contribution in [2.45, 2.75) is 19.4 Å². The Morgan fingerprint density at radius 2 is 1.92 bits per heavy atom. The lowest BCUT2D eigenvalue weighted by Crippen LogP contribution is -2.18. The summed E-state index contributed by atoms with van der Waals surface area (Å²) < 4.78 is 5.28. The first-order valence-corrected chi connectivity index (χ1v) is 7.86. The Morgan fingerprint density at radius 3 is 2.69 bits per heavy atom. The van der Waals surface area contributed by atoms with Gasteiger partial charge < -0.3 is 9.72 Å². The van der Waals surface area contributed by atoms with Crippen molar-refractivity contribution in [1.82, 2.24) is 9.97 Å². The van der Waals surface area contributed by atoms with Crippen LogP contribution >= 0.6 is 0 Å². The summed E-state index contributed by atoms with van der Waals surface area (Å²) in [6.07, 6.45) is -1.05. The Balaban J connectivity index is 1.78. The molecule has 1 atom stereocenters. The summed E-state index contributed by atoms with van der Waals surface area (Å²) in [4.78, 5) is 41.6. The van der Waals surface area contributed by atoms with E-state index >= 15 is 0 Å². The third-order valence-corrected chi connectivity index (χ3v) is 3.85. The second-order valence-electron chi connectivity index (χ2n) is 5.66. The first kappa shape index (κ1) is 17.3. The van der Waals surface area contributed by atoms with Crippen molar-refractivity contribution in [1.29, 1.82) is 0 Å². The summed E-state index contributed by atoms with van der Waals surface area (Å²) in [6.45, 7) is 1.57. The highest BCUT2D eigenvalue weighted by Crippen LogP contribution is 2.20. The number of nitro benzene ring substituents is 1. The molecule has 0 bridgehead atoms. The van der Waals surface area contributed by atoms with Gasteiger partial charge in [-0.15, -0.1) is 0 Å². The smallest absolute Gasteiger partial charge is 0.311 e. The molecule has 3 aromatic rings. The summed E-state index contributed by atoms with van der Waals surface area (Å²) in [5, 5.41) is 11.5. The van der Waals surface area contributed by atoms with E-state index in [1.807, 2.05) is 0 Å². The Kier molecular flexibility index (Phi) is 4.74. The number of nitro groups is 1. The molecular weight excluding hydrogens is 338 g/mol. The number of rotatable bonds is 5. The van der Waals surface area contributed by atoms with Crippen LogP contribution in [0.25, 0.3) is 10.9 Å². The van der Waals surface area contributed by atoms with Crippen LogP contribution in [0.1, 0.15) is 24.4 Å². The molecule has 0 aliphatic carbocycles. The second-order valence-corrected chi connectivity index (χ2v) is 5.66. The van der Waals surface area contributed by atoms with Gasteiger partial charge in [-0.25, -0.2) is 4.98 Å². The van der Waals surface area contributed by atoms with Crippen LogP contribution < -0.4 is 5.56 Å². The van der Waals surface area contributed by atoms with Crippen molar-refractivity contribution < 1.29 is 14.5 Å². The van der Waals surface area contributed by atoms with Crippen LogP contribution in [0.15, 0.2) is 53.3 Å². The molecule has 0 aliphatic heterocycles. The highest BCUT2D eigenvalue weighted by molar-refractivity contribution is 5.77. The zero-order valence-electron chi connectivity index (χ0n) is 13.8. The van der Waals surface area contributed by atoms with Crippen LogP contribution in [0, 0.1) is 10.1 Å². The fourth-order valence-electron chi connectivity index (χ4n) is 2.59. The number of hydrogen-bond acceptors (Lipinski definition) is 6. The summed E-state index contributed by atoms with van der Waals surface area (Å²) >= 11 is 0. The van der Waals surface area contributed by atoms with Crippen LogP contribution in [-0.4, -0.2) is 20.9 Å². The van der Waals surface area contributed by atoms with Crippen molar-refractivity contribution in [3.05, 3.63) is 80.4 Å². The minimum absolute atomic E-state index is 0.144. The van der Waals surface area contributed by atoms with Crippen molar-refractivity contribution in [2.75, 3.05) is 0 Å². The molecule has 3 rings (SSSR count). The van der Waals surface area contributed by atoms with Gasteiger partial charge in [0.1, 0.15) is 0 Å². The van der Waals surface area contributed by atoms with Gasteiger partial charge in [-0.05, 0) is 19.1 Å². The highest BCUT2D eigenvalue weighted by Gasteiger charge is 2.20. The largest absolute Gasteiger partial charge is 0.454 e. The lowest BCUT2D eigenvalue weighted by atomic mass is 10.1. The maximum absolute atomic E-state index is 12.2. The number of para-hydroxylation sites is 2. The number of nitrogens with zero attached hydrogens (tertiary/aromatic N) is 2. The van der Waals surface area contributed by atoms with Gasteiger partial charge in [-0.2, -0.15) is 0 Å². The third kappa shape index (κ3) is 3.59. The molecule has 2 aromatic carbocycles. The molecule has 132 valence electrons. The molecule has 0 unspecified atom stereocenters. The zero-order chi connectivity index (χ0) is 18.7. The monoisotopic (exact) mass is 353 g/mol. The minimum atomic E-state index is -0.803. The molecule has 0 saturated carbocycles. The first-order valence-electron chi connectivity index (χ1n) is 7.86. The number of esters is 1. The molecule has 0 spiro atoms. The van der Waals surface area contributed by atoms with Crippen LogP contribution in [0.4, 0.5) is 5.69 Å². The van der Waals surface area contributed by atoms with Gasteiger partial charge in [-0.1, -0.05) is 30.3 Å². The van der Waals surface area contributed by atoms with Crippen LogP contribution in [0.2, 0.25) is 0 Å². The molecule has 0 radical (unpaired) electrons. The number of fused-ring (bicyclic) bond motifs is 1. The minimum Gasteiger partial charge on any atom is -0.454 e. The lowest BCUT2D eigenvalue weighted by molar-refractivity contribution is -0.385. The molecule has 26 heavy (non-hydrogen) atoms. The van der Waals surface area contributed by atoms with Crippen molar-refractivity contribution in [2.24, 2.45) is 0 Å². The molecule has 0 saturated heterocycles. The normalized spacial score (nSPS) is 11.9. The van der Waals surface area contributed by atoms with E-state index in [1.165, 1.54) is 18.2 Å². The average molecular weight is 353 g/mol. The summed E-state index contributed by atoms with van der Waals surface area (Å²) in [5.74, 6) is -0.438. The molecule has 1 N–H and O–H groups in total. The Morgan fingerprint density at radius 1 is 1.23 bits per heavy atom. The number of aromatic amines is 1. The molecule has 8 heteroatoms. The number of aromatic nitrogens is 2. The lowest BCUT2D eigenvalue weighted by Gasteiger charge is -2.13. The Labute approximate surface area is 147 Å². The summed E-state index contributed by atoms with van der Waals surface area (Å²) in [5.41, 5.74) is 0.282. The fourth-order valence-corrected chi connectivity index (χ4v) is 2.59. The van der Waals surface area contributed by atoms with E-state index in [0.717, 1.165) is 0 Å². The molecule has 0 fully saturated rings. The number of ether oxygens (including phenoxy) is 1. The van der Waals surface area contributed by atoms with E-state index < -0.39 is 17.0 Å². The topological polar surface area (TPSA) is 115 Å². The standard InChI is InChI=1S/C18H15N3O5/c1-11(17-19-14-8-4-3-7-13(14)18(23)20-17)26-16(22)10-12-6-2-5-9-15(12)21(24)25/h2-9,11H,10H2,1H3,(H,19,20,23)/t11-/m0/s1. The van der Waals surface area contributed by atoms with E-state index in [-0.39, 0.29) is 29.1 Å². The quantitative estimate of drug-likeness (QED) is 0.428. The third-order valence-electron chi connectivity index (χ3n) is 3.85. The highest BCUT2D eigenvalue weighted by atomic mass is 16.6. The Bertz CT molecular complexity index is 1040.